The van der Waals surface area contributed by atoms with Gasteiger partial charge in [0.2, 0.25) is 0 Å². The molecule has 0 amide bonds. The van der Waals surface area contributed by atoms with Gasteiger partial charge in [0.1, 0.15) is 0 Å². The van der Waals surface area contributed by atoms with E-state index in [-0.39, 0.29) is 0 Å². The topological polar surface area (TPSA) is 9.23 Å². The van der Waals surface area contributed by atoms with E-state index in [2.05, 4.69) is 65.6 Å². The monoisotopic (exact) mass is 768 g/mol. The number of rotatable bonds is 25. The van der Waals surface area contributed by atoms with E-state index in [0.717, 1.165) is 13.0 Å². The van der Waals surface area contributed by atoms with Crippen LogP contribution in [-0.4, -0.2) is 40.6 Å². The van der Waals surface area contributed by atoms with E-state index in [1.165, 1.54) is 77.0 Å². The van der Waals surface area contributed by atoms with Crippen molar-refractivity contribution in [2.75, 3.05) is 6.61 Å². The molecule has 7 heteroatoms. The SMILES string of the molecule is CCC[CH2][Sn]([CH2]CCC)([CH2]CCC)[S]P(=S)(OCCC)[S][Sn]([CH2]CCC)([CH2]CCC)[CH2]CCC. The average Bonchev–Trinajstić information content (AvgIpc) is 2.84. The maximum absolute atomic E-state index is 6.93. The quantitative estimate of drug-likeness (QED) is 0.0676. The molecular formula is C27H61OPS3Sn2. The third kappa shape index (κ3) is 16.1. The molecule has 0 aliphatic carbocycles. The molecule has 0 heterocycles. The van der Waals surface area contributed by atoms with Crippen molar-refractivity contribution in [3.63, 3.8) is 0 Å². The predicted octanol–water partition coefficient (Wildman–Crippen LogP) is 12.8. The molecule has 0 aromatic carbocycles. The van der Waals surface area contributed by atoms with Crippen LogP contribution in [0.2, 0.25) is 26.6 Å². The summed E-state index contributed by atoms with van der Waals surface area (Å²) < 4.78 is 14.3. The van der Waals surface area contributed by atoms with E-state index < -0.39 is 38.7 Å². The van der Waals surface area contributed by atoms with Crippen molar-refractivity contribution >= 4 is 67.6 Å². The normalized spacial score (nSPS) is 13.0. The summed E-state index contributed by atoms with van der Waals surface area (Å²) in [7, 11) is 4.91. The zero-order valence-corrected chi connectivity index (χ0v) is 33.3. The minimum absolute atomic E-state index is 0.895. The van der Waals surface area contributed by atoms with Crippen molar-refractivity contribution in [1.82, 2.24) is 0 Å². The third-order valence-corrected chi connectivity index (χ3v) is 92.6. The van der Waals surface area contributed by atoms with Crippen LogP contribution < -0.4 is 0 Å². The molecule has 0 saturated heterocycles. The first-order valence-corrected chi connectivity index (χ1v) is 39.7. The molecule has 0 aliphatic heterocycles. The molecule has 0 N–H and O–H groups in total. The van der Waals surface area contributed by atoms with Gasteiger partial charge in [0.25, 0.3) is 0 Å². The molecule has 0 bridgehead atoms. The fourth-order valence-corrected chi connectivity index (χ4v) is 141. The average molecular weight is 766 g/mol. The summed E-state index contributed by atoms with van der Waals surface area (Å²) in [6.45, 7) is 17.5. The summed E-state index contributed by atoms with van der Waals surface area (Å²) in [5, 5.41) is 0. The molecule has 1 nitrogen and oxygen atoms in total. The Morgan fingerprint density at radius 3 is 0.971 bits per heavy atom. The van der Waals surface area contributed by atoms with Crippen molar-refractivity contribution in [2.24, 2.45) is 0 Å². The van der Waals surface area contributed by atoms with Crippen LogP contribution in [0.15, 0.2) is 0 Å². The Balaban J connectivity index is 6.23. The number of hydrogen-bond donors (Lipinski definition) is 0. The van der Waals surface area contributed by atoms with Crippen LogP contribution in [0, 0.1) is 0 Å². The first-order valence-electron chi connectivity index (χ1n) is 15.0. The van der Waals surface area contributed by atoms with E-state index in [1.807, 2.05) is 0 Å². The molecule has 0 aromatic heterocycles. The first kappa shape index (κ1) is 36.9. The van der Waals surface area contributed by atoms with Gasteiger partial charge in [-0.2, -0.15) is 0 Å². The molecule has 0 saturated carbocycles. The van der Waals surface area contributed by atoms with Gasteiger partial charge in [-0.1, -0.05) is 0 Å². The number of hydrogen-bond acceptors (Lipinski definition) is 4. The third-order valence-electron chi connectivity index (χ3n) is 6.98. The summed E-state index contributed by atoms with van der Waals surface area (Å²) in [5.74, 6) is 0. The van der Waals surface area contributed by atoms with Crippen LogP contribution in [0.1, 0.15) is 132 Å². The predicted molar refractivity (Wildman–Crippen MR) is 176 cm³/mol. The standard InChI is InChI=1S/6C4H9.C3H9OPS3.2Sn/c6*1-3-4-2;1-2-3-4-5(6,7)8;;/h6*1,3-4H2,2H3;2-3H2,1H3,(H2,6,7,8);;/q;;;;;;;2*+1/p-2. The Bertz CT molecular complexity index is 441. The van der Waals surface area contributed by atoms with E-state index >= 15 is 0 Å². The Hall–Kier alpha value is 2.91. The maximum atomic E-state index is 6.93. The molecule has 0 unspecified atom stereocenters. The first-order chi connectivity index (χ1) is 16.3. The van der Waals surface area contributed by atoms with Crippen LogP contribution in [0.25, 0.3) is 0 Å². The molecular weight excluding hydrogens is 705 g/mol. The van der Waals surface area contributed by atoms with Crippen LogP contribution in [0.4, 0.5) is 0 Å². The van der Waals surface area contributed by atoms with E-state index in [9.17, 15) is 0 Å². The summed E-state index contributed by atoms with van der Waals surface area (Å²) in [6.07, 6.45) is 17.8. The molecule has 0 aromatic rings. The van der Waals surface area contributed by atoms with Gasteiger partial charge in [-0.25, -0.2) is 0 Å². The molecule has 34 heavy (non-hydrogen) atoms. The Kier molecular flexibility index (Phi) is 24.6. The van der Waals surface area contributed by atoms with Gasteiger partial charge in [-0.3, -0.25) is 0 Å². The van der Waals surface area contributed by atoms with Crippen molar-refractivity contribution in [3.8, 4) is 0 Å². The van der Waals surface area contributed by atoms with Crippen molar-refractivity contribution in [3.05, 3.63) is 0 Å². The Morgan fingerprint density at radius 1 is 0.500 bits per heavy atom. The fourth-order valence-electron chi connectivity index (χ4n) is 4.77. The van der Waals surface area contributed by atoms with Crippen LogP contribution >= 0.6 is 21.8 Å². The van der Waals surface area contributed by atoms with Gasteiger partial charge in [-0.05, 0) is 0 Å². The van der Waals surface area contributed by atoms with Crippen LogP contribution in [0.3, 0.4) is 0 Å². The molecule has 0 atom stereocenters. The number of unbranched alkanes of at least 4 members (excludes halogenated alkanes) is 6. The molecule has 0 aliphatic rings. The fraction of sp³-hybridized carbons (Fsp3) is 1.00. The Labute approximate surface area is 234 Å². The van der Waals surface area contributed by atoms with Gasteiger partial charge < -0.3 is 0 Å². The Morgan fingerprint density at radius 2 is 0.765 bits per heavy atom. The van der Waals surface area contributed by atoms with Gasteiger partial charge in [0.05, 0.1) is 0 Å². The summed E-state index contributed by atoms with van der Waals surface area (Å²) in [4.78, 5) is 0. The van der Waals surface area contributed by atoms with Gasteiger partial charge in [-0.15, -0.1) is 0 Å². The zero-order chi connectivity index (χ0) is 25.8. The van der Waals surface area contributed by atoms with E-state index in [1.54, 1.807) is 26.6 Å². The molecule has 0 radical (unpaired) electrons. The summed E-state index contributed by atoms with van der Waals surface area (Å²) >= 11 is 1.94. The van der Waals surface area contributed by atoms with Crippen molar-refractivity contribution in [2.45, 2.75) is 159 Å². The van der Waals surface area contributed by atoms with Crippen LogP contribution in [0.5, 0.6) is 0 Å². The second kappa shape index (κ2) is 22.7. The van der Waals surface area contributed by atoms with Crippen LogP contribution in [-0.2, 0) is 16.3 Å². The molecule has 206 valence electrons. The second-order valence-corrected chi connectivity index (χ2v) is 62.8. The van der Waals surface area contributed by atoms with Gasteiger partial charge in [0, 0.05) is 0 Å². The second-order valence-electron chi connectivity index (χ2n) is 10.5. The van der Waals surface area contributed by atoms with Crippen molar-refractivity contribution in [1.29, 1.82) is 0 Å². The van der Waals surface area contributed by atoms with Gasteiger partial charge >= 0.3 is 237 Å². The van der Waals surface area contributed by atoms with Gasteiger partial charge in [0.15, 0.2) is 0 Å². The minimum atomic E-state index is -2.43. The summed E-state index contributed by atoms with van der Waals surface area (Å²) in [5.41, 5.74) is 0. The molecule has 0 rings (SSSR count). The summed E-state index contributed by atoms with van der Waals surface area (Å²) in [6, 6.07) is 0. The van der Waals surface area contributed by atoms with E-state index in [0.29, 0.717) is 0 Å². The zero-order valence-electron chi connectivity index (χ0n) is 24.2. The van der Waals surface area contributed by atoms with Crippen molar-refractivity contribution < 1.29 is 4.52 Å². The molecule has 0 fully saturated rings. The molecule has 0 spiro atoms. The van der Waals surface area contributed by atoms with E-state index in [4.69, 9.17) is 16.3 Å².